The molecule has 1 fully saturated rings. The zero-order valence-corrected chi connectivity index (χ0v) is 14.9. The number of piperidine rings is 1. The van der Waals surface area contributed by atoms with E-state index in [2.05, 4.69) is 16.2 Å². The average Bonchev–Trinajstić information content (AvgIpc) is 3.08. The van der Waals surface area contributed by atoms with E-state index in [-0.39, 0.29) is 17.6 Å². The lowest BCUT2D eigenvalue weighted by Crippen LogP contribution is -2.38. The Balaban J connectivity index is 1.79. The molecule has 0 unspecified atom stereocenters. The van der Waals surface area contributed by atoms with Gasteiger partial charge in [-0.25, -0.2) is 9.37 Å². The Morgan fingerprint density at radius 3 is 2.74 bits per heavy atom. The molecule has 1 aliphatic heterocycles. The van der Waals surface area contributed by atoms with E-state index in [1.165, 1.54) is 6.07 Å². The molecule has 7 heteroatoms. The molecular weight excluding hydrogens is 345 g/mol. The lowest BCUT2D eigenvalue weighted by atomic mass is 9.97. The second kappa shape index (κ2) is 6.80. The third-order valence-electron chi connectivity index (χ3n) is 5.05. The summed E-state index contributed by atoms with van der Waals surface area (Å²) in [6, 6.07) is 10.3. The second-order valence-electron chi connectivity index (χ2n) is 6.74. The Morgan fingerprint density at radius 1 is 1.30 bits per heavy atom. The van der Waals surface area contributed by atoms with Crippen molar-refractivity contribution in [1.82, 2.24) is 19.7 Å². The number of carbonyl (C=O) groups is 1. The topological polar surface area (TPSA) is 74.8 Å². The van der Waals surface area contributed by atoms with Crippen LogP contribution in [0, 0.1) is 23.1 Å². The molecule has 1 aliphatic rings. The minimum Gasteiger partial charge on any atom is -0.339 e. The second-order valence-corrected chi connectivity index (χ2v) is 6.74. The van der Waals surface area contributed by atoms with E-state index in [0.29, 0.717) is 53.8 Å². The summed E-state index contributed by atoms with van der Waals surface area (Å²) in [5, 5.41) is 13.9. The number of benzene rings is 1. The molecule has 0 saturated carbocycles. The molecule has 0 radical (unpaired) electrons. The number of nitrogens with zero attached hydrogens (tertiary/aromatic N) is 5. The van der Waals surface area contributed by atoms with E-state index in [1.807, 2.05) is 0 Å². The van der Waals surface area contributed by atoms with Crippen LogP contribution in [0.1, 0.15) is 23.2 Å². The van der Waals surface area contributed by atoms with Crippen LogP contribution in [0.3, 0.4) is 0 Å². The number of amides is 1. The molecule has 1 saturated heterocycles. The lowest BCUT2D eigenvalue weighted by molar-refractivity contribution is 0.0709. The molecule has 0 atom stereocenters. The van der Waals surface area contributed by atoms with Crippen molar-refractivity contribution in [2.24, 2.45) is 13.0 Å². The summed E-state index contributed by atoms with van der Waals surface area (Å²) in [6.45, 7) is 1.08. The first kappa shape index (κ1) is 17.2. The number of hydrogen-bond donors (Lipinski definition) is 0. The number of carbonyl (C=O) groups excluding carboxylic acids is 1. The first-order chi connectivity index (χ1) is 13.1. The molecule has 1 aromatic carbocycles. The van der Waals surface area contributed by atoms with E-state index in [1.54, 1.807) is 47.1 Å². The average molecular weight is 363 g/mol. The van der Waals surface area contributed by atoms with Crippen molar-refractivity contribution in [1.29, 1.82) is 5.26 Å². The summed E-state index contributed by atoms with van der Waals surface area (Å²) in [5.74, 6) is -0.525. The highest BCUT2D eigenvalue weighted by atomic mass is 19.1. The van der Waals surface area contributed by atoms with Crippen LogP contribution in [0.5, 0.6) is 0 Å². The molecule has 3 heterocycles. The molecule has 0 N–H and O–H groups in total. The fourth-order valence-corrected chi connectivity index (χ4v) is 3.48. The van der Waals surface area contributed by atoms with Crippen LogP contribution in [0.15, 0.2) is 36.5 Å². The third-order valence-corrected chi connectivity index (χ3v) is 5.05. The summed E-state index contributed by atoms with van der Waals surface area (Å²) in [4.78, 5) is 19.4. The van der Waals surface area contributed by atoms with E-state index in [4.69, 9.17) is 5.26 Å². The predicted octanol–water partition coefficient (Wildman–Crippen LogP) is 3.15. The van der Waals surface area contributed by atoms with Crippen LogP contribution in [0.4, 0.5) is 4.39 Å². The highest BCUT2D eigenvalue weighted by molar-refractivity contribution is 6.06. The van der Waals surface area contributed by atoms with E-state index < -0.39 is 0 Å². The zero-order chi connectivity index (χ0) is 19.0. The van der Waals surface area contributed by atoms with Gasteiger partial charge in [-0.15, -0.1) is 0 Å². The van der Waals surface area contributed by atoms with Gasteiger partial charge in [0.2, 0.25) is 0 Å². The molecule has 0 aliphatic carbocycles. The number of fused-ring (bicyclic) bond motifs is 1. The Morgan fingerprint density at radius 2 is 2.04 bits per heavy atom. The van der Waals surface area contributed by atoms with Gasteiger partial charge in [-0.05, 0) is 31.0 Å². The van der Waals surface area contributed by atoms with Crippen molar-refractivity contribution < 1.29 is 9.18 Å². The van der Waals surface area contributed by atoms with Crippen LogP contribution < -0.4 is 0 Å². The van der Waals surface area contributed by atoms with E-state index >= 15 is 0 Å². The summed E-state index contributed by atoms with van der Waals surface area (Å²) >= 11 is 0. The fraction of sp³-hybridized carbons (Fsp3) is 0.300. The van der Waals surface area contributed by atoms with Gasteiger partial charge in [-0.1, -0.05) is 12.1 Å². The smallest absolute Gasteiger partial charge is 0.254 e. The zero-order valence-electron chi connectivity index (χ0n) is 14.9. The summed E-state index contributed by atoms with van der Waals surface area (Å²) in [6.07, 6.45) is 2.95. The normalized spacial score (nSPS) is 15.1. The van der Waals surface area contributed by atoms with Gasteiger partial charge >= 0.3 is 0 Å². The molecule has 6 nitrogen and oxygen atoms in total. The molecular formula is C20H18FN5O. The number of aryl methyl sites for hydroxylation is 1. The standard InChI is InChI=1S/C20H18FN5O/c1-25-19-16(12-23-25)15(20(27)26-8-6-13(11-22)7-9-26)10-18(24-19)14-4-2-3-5-17(14)21/h2-5,10,12-13H,6-9H2,1H3. The van der Waals surface area contributed by atoms with Crippen molar-refractivity contribution >= 4 is 16.9 Å². The van der Waals surface area contributed by atoms with Gasteiger partial charge in [0, 0.05) is 31.6 Å². The van der Waals surface area contributed by atoms with Gasteiger partial charge < -0.3 is 4.90 Å². The minimum absolute atomic E-state index is 0.00104. The molecule has 3 aromatic rings. The number of rotatable bonds is 2. The van der Waals surface area contributed by atoms with E-state index in [0.717, 1.165) is 0 Å². The summed E-state index contributed by atoms with van der Waals surface area (Å²) in [7, 11) is 1.74. The van der Waals surface area contributed by atoms with Crippen LogP contribution in [-0.2, 0) is 7.05 Å². The predicted molar refractivity (Wildman–Crippen MR) is 98.1 cm³/mol. The number of nitriles is 1. The molecule has 1 amide bonds. The molecule has 27 heavy (non-hydrogen) atoms. The Bertz CT molecular complexity index is 1060. The van der Waals surface area contributed by atoms with Gasteiger partial charge in [-0.3, -0.25) is 9.48 Å². The first-order valence-corrected chi connectivity index (χ1v) is 8.85. The molecule has 136 valence electrons. The van der Waals surface area contributed by atoms with Crippen LogP contribution in [0.25, 0.3) is 22.3 Å². The van der Waals surface area contributed by atoms with Gasteiger partial charge in [0.15, 0.2) is 5.65 Å². The Kier molecular flexibility index (Phi) is 4.32. The summed E-state index contributed by atoms with van der Waals surface area (Å²) < 4.78 is 15.9. The molecule has 4 rings (SSSR count). The van der Waals surface area contributed by atoms with Gasteiger partial charge in [0.25, 0.3) is 5.91 Å². The van der Waals surface area contributed by atoms with Crippen LogP contribution >= 0.6 is 0 Å². The van der Waals surface area contributed by atoms with Crippen LogP contribution in [0.2, 0.25) is 0 Å². The van der Waals surface area contributed by atoms with Gasteiger partial charge in [-0.2, -0.15) is 10.4 Å². The van der Waals surface area contributed by atoms with Crippen molar-refractivity contribution in [2.75, 3.05) is 13.1 Å². The van der Waals surface area contributed by atoms with E-state index in [9.17, 15) is 9.18 Å². The quantitative estimate of drug-likeness (QED) is 0.701. The number of halogens is 1. The maximum atomic E-state index is 14.3. The first-order valence-electron chi connectivity index (χ1n) is 8.85. The number of hydrogen-bond acceptors (Lipinski definition) is 4. The molecule has 2 aromatic heterocycles. The SMILES string of the molecule is Cn1ncc2c(C(=O)N3CCC(C#N)CC3)cc(-c3ccccc3F)nc21. The number of aromatic nitrogens is 3. The van der Waals surface area contributed by atoms with Gasteiger partial charge in [0.05, 0.1) is 28.9 Å². The van der Waals surface area contributed by atoms with Crippen LogP contribution in [-0.4, -0.2) is 38.7 Å². The Labute approximate surface area is 155 Å². The van der Waals surface area contributed by atoms with Gasteiger partial charge in [0.1, 0.15) is 5.82 Å². The number of pyridine rings is 1. The highest BCUT2D eigenvalue weighted by Gasteiger charge is 2.26. The van der Waals surface area contributed by atoms with Crippen molar-refractivity contribution in [3.05, 3.63) is 47.9 Å². The molecule has 0 bridgehead atoms. The van der Waals surface area contributed by atoms with Crippen molar-refractivity contribution in [2.45, 2.75) is 12.8 Å². The minimum atomic E-state index is -0.389. The van der Waals surface area contributed by atoms with Crippen molar-refractivity contribution in [3.63, 3.8) is 0 Å². The monoisotopic (exact) mass is 363 g/mol. The Hall–Kier alpha value is -3.27. The summed E-state index contributed by atoms with van der Waals surface area (Å²) in [5.41, 5.74) is 1.74. The lowest BCUT2D eigenvalue weighted by Gasteiger charge is -2.29. The maximum Gasteiger partial charge on any atom is 0.254 e. The number of likely N-dealkylation sites (tertiary alicyclic amines) is 1. The fourth-order valence-electron chi connectivity index (χ4n) is 3.48. The highest BCUT2D eigenvalue weighted by Crippen LogP contribution is 2.28. The largest absolute Gasteiger partial charge is 0.339 e. The van der Waals surface area contributed by atoms with Crippen molar-refractivity contribution in [3.8, 4) is 17.3 Å². The third kappa shape index (κ3) is 3.04. The maximum absolute atomic E-state index is 14.3. The molecule has 0 spiro atoms.